The van der Waals surface area contributed by atoms with Gasteiger partial charge in [0.2, 0.25) is 15.9 Å². The van der Waals surface area contributed by atoms with Crippen LogP contribution in [-0.4, -0.2) is 55.4 Å². The van der Waals surface area contributed by atoms with E-state index in [0.29, 0.717) is 25.3 Å². The lowest BCUT2D eigenvalue weighted by Gasteiger charge is -2.30. The Bertz CT molecular complexity index is 764. The highest BCUT2D eigenvalue weighted by Gasteiger charge is 2.48. The number of fused-ring (bicyclic) bond motifs is 2. The first-order valence-electron chi connectivity index (χ1n) is 11.9. The number of amides is 1. The van der Waals surface area contributed by atoms with E-state index in [0.717, 1.165) is 38.5 Å². The molecule has 32 heavy (non-hydrogen) atoms. The molecular weight excluding hydrogens is 432 g/mol. The van der Waals surface area contributed by atoms with Gasteiger partial charge in [0.15, 0.2) is 0 Å². The quantitative estimate of drug-likeness (QED) is 0.249. The molecule has 0 spiro atoms. The van der Waals surface area contributed by atoms with Gasteiger partial charge < -0.3 is 15.2 Å². The van der Waals surface area contributed by atoms with E-state index in [-0.39, 0.29) is 36.2 Å². The van der Waals surface area contributed by atoms with Gasteiger partial charge in [-0.25, -0.2) is 13.1 Å². The van der Waals surface area contributed by atoms with Crippen LogP contribution < -0.4 is 10.0 Å². The molecule has 2 heterocycles. The lowest BCUT2D eigenvalue weighted by atomic mass is 9.77. The third-order valence-corrected chi connectivity index (χ3v) is 8.07. The molecule has 0 radical (unpaired) electrons. The topological polar surface area (TPSA) is 122 Å². The summed E-state index contributed by atoms with van der Waals surface area (Å²) in [4.78, 5) is 23.4. The van der Waals surface area contributed by atoms with E-state index in [4.69, 9.17) is 9.84 Å². The van der Waals surface area contributed by atoms with Gasteiger partial charge in [-0.3, -0.25) is 9.59 Å². The lowest BCUT2D eigenvalue weighted by Crippen LogP contribution is -2.56. The van der Waals surface area contributed by atoms with Crippen molar-refractivity contribution in [3.05, 3.63) is 12.2 Å². The van der Waals surface area contributed by atoms with E-state index >= 15 is 0 Å². The van der Waals surface area contributed by atoms with E-state index in [1.54, 1.807) is 13.8 Å². The minimum atomic E-state index is -3.52. The second kappa shape index (κ2) is 12.1. The minimum Gasteiger partial charge on any atom is -0.481 e. The summed E-state index contributed by atoms with van der Waals surface area (Å²) < 4.78 is 33.3. The van der Waals surface area contributed by atoms with Crippen LogP contribution in [0.1, 0.15) is 78.6 Å². The number of nitrogens with one attached hydrogen (secondary N) is 2. The highest BCUT2D eigenvalue weighted by Crippen LogP contribution is 2.44. The maximum atomic E-state index is 12.8. The fourth-order valence-electron chi connectivity index (χ4n) is 4.68. The maximum Gasteiger partial charge on any atom is 0.303 e. The number of ether oxygens (including phenoxy) is 1. The summed E-state index contributed by atoms with van der Waals surface area (Å²) in [6.45, 7) is 5.65. The Morgan fingerprint density at radius 2 is 1.78 bits per heavy atom. The predicted molar refractivity (Wildman–Crippen MR) is 124 cm³/mol. The zero-order valence-corrected chi connectivity index (χ0v) is 20.5. The van der Waals surface area contributed by atoms with E-state index < -0.39 is 21.5 Å². The van der Waals surface area contributed by atoms with Crippen LogP contribution >= 0.6 is 0 Å². The summed E-state index contributed by atoms with van der Waals surface area (Å²) in [5.41, 5.74) is -1.22. The number of unbranched alkanes of at least 4 members (excludes halogenated alkanes) is 3. The molecule has 2 bridgehead atoms. The van der Waals surface area contributed by atoms with Crippen molar-refractivity contribution in [3.8, 4) is 0 Å². The van der Waals surface area contributed by atoms with E-state index in [1.165, 1.54) is 0 Å². The van der Waals surface area contributed by atoms with E-state index in [2.05, 4.69) is 16.1 Å². The number of carboxylic acid groups (broad SMARTS) is 1. The standard InChI is InChI=1S/C23H40N2O6S/c1-4-5-10-15-32(29,30)25-23(2,3)22(28)24-16-18-17(19-13-14-20(18)31-19)11-8-6-7-9-12-21(26)27/h6,8,17-20,25H,4-5,7,9-16H2,1-3H3,(H,24,28)(H,26,27)/b8-6-/t17-,18+,19-,20+/m1/s1. The van der Waals surface area contributed by atoms with Gasteiger partial charge in [0.25, 0.3) is 0 Å². The Kier molecular flexibility index (Phi) is 10.2. The number of carbonyl (C=O) groups is 2. The highest BCUT2D eigenvalue weighted by molar-refractivity contribution is 7.89. The van der Waals surface area contributed by atoms with Crippen molar-refractivity contribution in [2.75, 3.05) is 12.3 Å². The Morgan fingerprint density at radius 1 is 1.09 bits per heavy atom. The number of aliphatic carboxylic acids is 1. The molecule has 2 aliphatic heterocycles. The first-order chi connectivity index (χ1) is 15.1. The van der Waals surface area contributed by atoms with Crippen molar-refractivity contribution in [2.45, 2.75) is 96.3 Å². The Balaban J connectivity index is 1.85. The first-order valence-corrected chi connectivity index (χ1v) is 13.5. The zero-order valence-electron chi connectivity index (χ0n) is 19.6. The van der Waals surface area contributed by atoms with Crippen molar-refractivity contribution < 1.29 is 27.9 Å². The molecule has 2 fully saturated rings. The molecular formula is C23H40N2O6S. The van der Waals surface area contributed by atoms with Gasteiger partial charge in [0, 0.05) is 18.9 Å². The van der Waals surface area contributed by atoms with E-state index in [1.807, 2.05) is 13.0 Å². The molecule has 2 saturated heterocycles. The number of carboxylic acids is 1. The number of hydrogen-bond acceptors (Lipinski definition) is 5. The van der Waals surface area contributed by atoms with Gasteiger partial charge in [-0.2, -0.15) is 0 Å². The number of sulfonamides is 1. The van der Waals surface area contributed by atoms with E-state index in [9.17, 15) is 18.0 Å². The van der Waals surface area contributed by atoms with Crippen LogP contribution in [0, 0.1) is 11.8 Å². The molecule has 0 aromatic carbocycles. The normalized spacial score (nSPS) is 25.5. The molecule has 184 valence electrons. The fourth-order valence-corrected chi connectivity index (χ4v) is 6.24. The highest BCUT2D eigenvalue weighted by atomic mass is 32.2. The van der Waals surface area contributed by atoms with Crippen LogP contribution in [0.5, 0.6) is 0 Å². The average Bonchev–Trinajstić information content (AvgIpc) is 3.29. The largest absolute Gasteiger partial charge is 0.481 e. The zero-order chi connectivity index (χ0) is 23.8. The summed E-state index contributed by atoms with van der Waals surface area (Å²) in [6, 6.07) is 0. The average molecular weight is 473 g/mol. The number of carbonyl (C=O) groups excluding carboxylic acids is 1. The molecule has 3 N–H and O–H groups in total. The molecule has 8 nitrogen and oxygen atoms in total. The van der Waals surface area contributed by atoms with Crippen LogP contribution in [0.25, 0.3) is 0 Å². The Hall–Kier alpha value is -1.45. The second-order valence-corrected chi connectivity index (χ2v) is 11.4. The molecule has 0 unspecified atom stereocenters. The van der Waals surface area contributed by atoms with Crippen LogP contribution in [-0.2, 0) is 24.3 Å². The summed E-state index contributed by atoms with van der Waals surface area (Å²) in [5, 5.41) is 11.7. The molecule has 2 rings (SSSR count). The number of rotatable bonds is 15. The third-order valence-electron chi connectivity index (χ3n) is 6.42. The van der Waals surface area contributed by atoms with Crippen molar-refractivity contribution >= 4 is 21.9 Å². The van der Waals surface area contributed by atoms with Gasteiger partial charge in [-0.15, -0.1) is 0 Å². The summed E-state index contributed by atoms with van der Waals surface area (Å²) >= 11 is 0. The molecule has 0 aromatic rings. The fraction of sp³-hybridized carbons (Fsp3) is 0.826. The molecule has 0 aliphatic carbocycles. The smallest absolute Gasteiger partial charge is 0.303 e. The molecule has 0 saturated carbocycles. The van der Waals surface area contributed by atoms with Crippen LogP contribution in [0.15, 0.2) is 12.2 Å². The molecule has 9 heteroatoms. The Morgan fingerprint density at radius 3 is 2.44 bits per heavy atom. The van der Waals surface area contributed by atoms with Crippen LogP contribution in [0.3, 0.4) is 0 Å². The predicted octanol–water partition coefficient (Wildman–Crippen LogP) is 2.99. The van der Waals surface area contributed by atoms with Gasteiger partial charge in [0.05, 0.1) is 18.0 Å². The Labute approximate surface area is 192 Å². The molecule has 1 amide bonds. The van der Waals surface area contributed by atoms with Crippen molar-refractivity contribution in [3.63, 3.8) is 0 Å². The summed E-state index contributed by atoms with van der Waals surface area (Å²) in [7, 11) is -3.52. The second-order valence-electron chi connectivity index (χ2n) is 9.57. The monoisotopic (exact) mass is 472 g/mol. The van der Waals surface area contributed by atoms with Gasteiger partial charge in [-0.1, -0.05) is 31.9 Å². The minimum absolute atomic E-state index is 0.0264. The maximum absolute atomic E-state index is 12.8. The molecule has 4 atom stereocenters. The molecule has 0 aromatic heterocycles. The van der Waals surface area contributed by atoms with Crippen molar-refractivity contribution in [1.29, 1.82) is 0 Å². The van der Waals surface area contributed by atoms with Gasteiger partial charge in [0.1, 0.15) is 5.54 Å². The lowest BCUT2D eigenvalue weighted by molar-refractivity contribution is -0.137. The van der Waals surface area contributed by atoms with Crippen LogP contribution in [0.2, 0.25) is 0 Å². The number of allylic oxidation sites excluding steroid dienone is 2. The van der Waals surface area contributed by atoms with Crippen molar-refractivity contribution in [2.24, 2.45) is 11.8 Å². The SMILES string of the molecule is CCCCCS(=O)(=O)NC(C)(C)C(=O)NC[C@H]1[C@@H](C/C=C\CCCC(=O)O)[C@H]2CC[C@@H]1O2. The van der Waals surface area contributed by atoms with Gasteiger partial charge >= 0.3 is 5.97 Å². The van der Waals surface area contributed by atoms with Gasteiger partial charge in [-0.05, 0) is 58.3 Å². The van der Waals surface area contributed by atoms with Crippen LogP contribution in [0.4, 0.5) is 0 Å². The summed E-state index contributed by atoms with van der Waals surface area (Å²) in [6.07, 6.45) is 11.2. The number of hydrogen-bond donors (Lipinski definition) is 3. The van der Waals surface area contributed by atoms with Crippen molar-refractivity contribution in [1.82, 2.24) is 10.0 Å². The first kappa shape index (κ1) is 26.8. The summed E-state index contributed by atoms with van der Waals surface area (Å²) in [5.74, 6) is -0.584. The molecule has 2 aliphatic rings. The third kappa shape index (κ3) is 8.15.